The van der Waals surface area contributed by atoms with E-state index in [1.54, 1.807) is 30.3 Å². The fourth-order valence-electron chi connectivity index (χ4n) is 2.93. The van der Waals surface area contributed by atoms with Gasteiger partial charge in [0.2, 0.25) is 5.91 Å². The van der Waals surface area contributed by atoms with E-state index in [-0.39, 0.29) is 24.6 Å². The van der Waals surface area contributed by atoms with Gasteiger partial charge in [-0.3, -0.25) is 19.3 Å². The van der Waals surface area contributed by atoms with E-state index in [1.807, 2.05) is 0 Å². The minimum absolute atomic E-state index is 0.0719. The van der Waals surface area contributed by atoms with Crippen LogP contribution in [0.2, 0.25) is 0 Å². The molecule has 1 heterocycles. The highest BCUT2D eigenvalue weighted by Gasteiger charge is 2.31. The molecule has 0 bridgehead atoms. The van der Waals surface area contributed by atoms with Crippen LogP contribution in [-0.4, -0.2) is 37.5 Å². The molecule has 1 N–H and O–H groups in total. The van der Waals surface area contributed by atoms with Crippen molar-refractivity contribution in [2.24, 2.45) is 0 Å². The largest absolute Gasteiger partial charge is 0.494 e. The Bertz CT molecular complexity index is 931. The molecule has 0 aliphatic carbocycles. The zero-order valence-electron chi connectivity index (χ0n) is 15.4. The third kappa shape index (κ3) is 4.11. The first kappa shape index (κ1) is 19.3. The molecule has 0 spiro atoms. The lowest BCUT2D eigenvalue weighted by Crippen LogP contribution is -2.47. The number of rotatable bonds is 5. The normalized spacial score (nSPS) is 14.0. The molecule has 28 heavy (non-hydrogen) atoms. The molecule has 1 aliphatic heterocycles. The summed E-state index contributed by atoms with van der Waals surface area (Å²) in [6, 6.07) is 11.0. The molecule has 3 rings (SSSR count). The summed E-state index contributed by atoms with van der Waals surface area (Å²) in [5, 5.41) is 2.69. The Morgan fingerprint density at radius 1 is 1.25 bits per heavy atom. The first-order valence-corrected chi connectivity index (χ1v) is 8.61. The van der Waals surface area contributed by atoms with Gasteiger partial charge in [-0.15, -0.1) is 0 Å². The summed E-state index contributed by atoms with van der Waals surface area (Å²) in [5.41, 5.74) is 1.44. The van der Waals surface area contributed by atoms with Gasteiger partial charge in [-0.1, -0.05) is 18.2 Å². The number of hydrogen-bond donors (Lipinski definition) is 1. The van der Waals surface area contributed by atoms with Crippen molar-refractivity contribution in [1.82, 2.24) is 0 Å². The number of nitrogens with zero attached hydrogens (tertiary/aromatic N) is 1. The van der Waals surface area contributed by atoms with Gasteiger partial charge in [-0.25, -0.2) is 4.39 Å². The van der Waals surface area contributed by atoms with Crippen molar-refractivity contribution in [1.29, 1.82) is 0 Å². The van der Waals surface area contributed by atoms with E-state index >= 15 is 0 Å². The number of esters is 1. The van der Waals surface area contributed by atoms with Gasteiger partial charge in [0.05, 0.1) is 24.9 Å². The molecule has 1 aliphatic rings. The van der Waals surface area contributed by atoms with Gasteiger partial charge in [0.15, 0.2) is 17.7 Å². The van der Waals surface area contributed by atoms with Gasteiger partial charge >= 0.3 is 5.97 Å². The fourth-order valence-corrected chi connectivity index (χ4v) is 2.93. The molecular formula is C20H19FN2O5. The quantitative estimate of drug-likeness (QED) is 0.797. The summed E-state index contributed by atoms with van der Waals surface area (Å²) in [6.45, 7) is 1.27. The zero-order valence-corrected chi connectivity index (χ0v) is 15.4. The monoisotopic (exact) mass is 386 g/mol. The number of para-hydroxylation sites is 2. The van der Waals surface area contributed by atoms with E-state index in [2.05, 4.69) is 5.32 Å². The second-order valence-corrected chi connectivity index (χ2v) is 6.27. The second kappa shape index (κ2) is 8.08. The molecule has 0 radical (unpaired) electrons. The summed E-state index contributed by atoms with van der Waals surface area (Å²) >= 11 is 0. The maximum atomic E-state index is 13.7. The summed E-state index contributed by atoms with van der Waals surface area (Å²) < 4.78 is 23.8. The average Bonchev–Trinajstić information content (AvgIpc) is 2.66. The molecule has 146 valence electrons. The maximum Gasteiger partial charge on any atom is 0.311 e. The van der Waals surface area contributed by atoms with E-state index in [4.69, 9.17) is 9.47 Å². The number of carbonyl (C=O) groups excluding carboxylic acids is 3. The van der Waals surface area contributed by atoms with Crippen LogP contribution in [0.5, 0.6) is 5.75 Å². The molecule has 2 aromatic rings. The van der Waals surface area contributed by atoms with Crippen molar-refractivity contribution >= 4 is 29.2 Å². The van der Waals surface area contributed by atoms with Gasteiger partial charge in [0, 0.05) is 0 Å². The molecule has 2 amide bonds. The highest BCUT2D eigenvalue weighted by atomic mass is 19.1. The van der Waals surface area contributed by atoms with Crippen LogP contribution in [0.1, 0.15) is 12.5 Å². The van der Waals surface area contributed by atoms with Crippen LogP contribution in [0.25, 0.3) is 0 Å². The van der Waals surface area contributed by atoms with E-state index in [1.165, 1.54) is 31.1 Å². The predicted molar refractivity (Wildman–Crippen MR) is 99.6 cm³/mol. The number of nitrogens with one attached hydrogen (secondary N) is 1. The van der Waals surface area contributed by atoms with Gasteiger partial charge in [-0.2, -0.15) is 0 Å². The maximum absolute atomic E-state index is 13.7. The standard InChI is InChI=1S/C20H19FN2O5/c1-12(28-19(25)10-13-7-8-17(27-2)14(21)9-13)20(26)23-11-18(24)22-15-5-3-4-6-16(15)23/h3-9,12H,10-11H2,1-2H3,(H,22,24)/t12-/m0/s1. The summed E-state index contributed by atoms with van der Waals surface area (Å²) in [5.74, 6) is -2.05. The molecule has 7 nitrogen and oxygen atoms in total. The van der Waals surface area contributed by atoms with Crippen LogP contribution in [0.4, 0.5) is 15.8 Å². The van der Waals surface area contributed by atoms with Gasteiger partial charge in [-0.05, 0) is 36.8 Å². The lowest BCUT2D eigenvalue weighted by Gasteiger charge is -2.30. The summed E-state index contributed by atoms with van der Waals surface area (Å²) in [7, 11) is 1.35. The van der Waals surface area contributed by atoms with Crippen LogP contribution in [0.15, 0.2) is 42.5 Å². The first-order valence-electron chi connectivity index (χ1n) is 8.61. The number of ether oxygens (including phenoxy) is 2. The van der Waals surface area contributed by atoms with Crippen molar-refractivity contribution in [2.75, 3.05) is 23.9 Å². The van der Waals surface area contributed by atoms with E-state index in [0.29, 0.717) is 16.9 Å². The zero-order chi connectivity index (χ0) is 20.3. The topological polar surface area (TPSA) is 84.9 Å². The van der Waals surface area contributed by atoms with Crippen LogP contribution in [-0.2, 0) is 25.5 Å². The summed E-state index contributed by atoms with van der Waals surface area (Å²) in [6.07, 6.45) is -1.30. The van der Waals surface area contributed by atoms with Crippen LogP contribution in [0, 0.1) is 5.82 Å². The molecule has 0 fully saturated rings. The number of methoxy groups -OCH3 is 1. The highest BCUT2D eigenvalue weighted by Crippen LogP contribution is 2.29. The predicted octanol–water partition coefficient (Wildman–Crippen LogP) is 2.29. The Labute approximate surface area is 161 Å². The molecule has 0 unspecified atom stereocenters. The molecule has 0 aromatic heterocycles. The average molecular weight is 386 g/mol. The summed E-state index contributed by atoms with van der Waals surface area (Å²) in [4.78, 5) is 38.0. The van der Waals surface area contributed by atoms with Crippen molar-refractivity contribution < 1.29 is 28.2 Å². The Kier molecular flexibility index (Phi) is 5.58. The third-order valence-corrected chi connectivity index (χ3v) is 4.26. The lowest BCUT2D eigenvalue weighted by molar-refractivity contribution is -0.153. The highest BCUT2D eigenvalue weighted by molar-refractivity contribution is 6.11. The number of anilines is 2. The molecule has 1 atom stereocenters. The van der Waals surface area contributed by atoms with Crippen molar-refractivity contribution in [3.05, 3.63) is 53.8 Å². The number of hydrogen-bond acceptors (Lipinski definition) is 5. The molecule has 8 heteroatoms. The number of benzene rings is 2. The van der Waals surface area contributed by atoms with Crippen molar-refractivity contribution in [2.45, 2.75) is 19.4 Å². The Morgan fingerprint density at radius 3 is 2.71 bits per heavy atom. The number of amides is 2. The molecule has 0 saturated carbocycles. The second-order valence-electron chi connectivity index (χ2n) is 6.27. The van der Waals surface area contributed by atoms with Crippen LogP contribution in [0.3, 0.4) is 0 Å². The van der Waals surface area contributed by atoms with E-state index in [0.717, 1.165) is 0 Å². The van der Waals surface area contributed by atoms with E-state index < -0.39 is 23.8 Å². The van der Waals surface area contributed by atoms with Gasteiger partial charge in [0.1, 0.15) is 6.54 Å². The van der Waals surface area contributed by atoms with Crippen LogP contribution < -0.4 is 15.0 Å². The van der Waals surface area contributed by atoms with Crippen molar-refractivity contribution in [3.8, 4) is 5.75 Å². The van der Waals surface area contributed by atoms with Gasteiger partial charge < -0.3 is 14.8 Å². The number of carbonyl (C=O) groups is 3. The van der Waals surface area contributed by atoms with Gasteiger partial charge in [0.25, 0.3) is 5.91 Å². The van der Waals surface area contributed by atoms with Crippen LogP contribution >= 0.6 is 0 Å². The molecular weight excluding hydrogens is 367 g/mol. The first-order chi connectivity index (χ1) is 13.4. The molecule has 2 aromatic carbocycles. The Morgan fingerprint density at radius 2 is 2.00 bits per heavy atom. The smallest absolute Gasteiger partial charge is 0.311 e. The number of halogens is 1. The minimum Gasteiger partial charge on any atom is -0.494 e. The van der Waals surface area contributed by atoms with Crippen molar-refractivity contribution in [3.63, 3.8) is 0 Å². The number of fused-ring (bicyclic) bond motifs is 1. The Hall–Kier alpha value is -3.42. The lowest BCUT2D eigenvalue weighted by atomic mass is 10.1. The Balaban J connectivity index is 1.66. The molecule has 0 saturated heterocycles. The minimum atomic E-state index is -1.10. The third-order valence-electron chi connectivity index (χ3n) is 4.26. The fraction of sp³-hybridized carbons (Fsp3) is 0.250. The SMILES string of the molecule is COc1ccc(CC(=O)O[C@@H](C)C(=O)N2CC(=O)Nc3ccccc32)cc1F. The van der Waals surface area contributed by atoms with E-state index in [9.17, 15) is 18.8 Å².